The SMILES string of the molecule is O=C(CCC1(O)CCCC1)c1cccc(NC(=O)c2cnc3ccccn23)c1. The fourth-order valence-electron chi connectivity index (χ4n) is 3.84. The number of rotatable bonds is 6. The zero-order valence-electron chi connectivity index (χ0n) is 15.6. The van der Waals surface area contributed by atoms with E-state index < -0.39 is 5.60 Å². The number of amides is 1. The van der Waals surface area contributed by atoms with E-state index in [-0.39, 0.29) is 11.7 Å². The first-order valence-corrected chi connectivity index (χ1v) is 9.63. The number of anilines is 1. The minimum absolute atomic E-state index is 0.0220. The lowest BCUT2D eigenvalue weighted by Gasteiger charge is -2.21. The maximum Gasteiger partial charge on any atom is 0.274 e. The Kier molecular flexibility index (Phi) is 4.96. The summed E-state index contributed by atoms with van der Waals surface area (Å²) in [6.07, 6.45) is 7.70. The number of carbonyl (C=O) groups is 2. The third-order valence-electron chi connectivity index (χ3n) is 5.44. The highest BCUT2D eigenvalue weighted by Crippen LogP contribution is 2.33. The second-order valence-corrected chi connectivity index (χ2v) is 7.46. The highest BCUT2D eigenvalue weighted by atomic mass is 16.3. The number of pyridine rings is 1. The van der Waals surface area contributed by atoms with Crippen LogP contribution in [-0.4, -0.2) is 31.8 Å². The van der Waals surface area contributed by atoms with E-state index in [4.69, 9.17) is 0 Å². The van der Waals surface area contributed by atoms with E-state index in [9.17, 15) is 14.7 Å². The molecule has 1 fully saturated rings. The van der Waals surface area contributed by atoms with Gasteiger partial charge in [-0.1, -0.05) is 31.0 Å². The third kappa shape index (κ3) is 3.82. The van der Waals surface area contributed by atoms with E-state index in [0.717, 1.165) is 25.7 Å². The van der Waals surface area contributed by atoms with Crippen molar-refractivity contribution in [2.24, 2.45) is 0 Å². The zero-order valence-corrected chi connectivity index (χ0v) is 15.6. The number of benzene rings is 1. The quantitative estimate of drug-likeness (QED) is 0.639. The van der Waals surface area contributed by atoms with Crippen molar-refractivity contribution >= 4 is 23.0 Å². The predicted molar refractivity (Wildman–Crippen MR) is 107 cm³/mol. The van der Waals surface area contributed by atoms with Gasteiger partial charge in [0, 0.05) is 23.9 Å². The number of nitrogens with one attached hydrogen (secondary N) is 1. The van der Waals surface area contributed by atoms with E-state index in [1.54, 1.807) is 34.9 Å². The molecule has 0 saturated heterocycles. The third-order valence-corrected chi connectivity index (χ3v) is 5.44. The van der Waals surface area contributed by atoms with Gasteiger partial charge in [0.15, 0.2) is 5.78 Å². The lowest BCUT2D eigenvalue weighted by atomic mass is 9.93. The molecule has 1 amide bonds. The molecule has 0 radical (unpaired) electrons. The van der Waals surface area contributed by atoms with Crippen molar-refractivity contribution in [2.75, 3.05) is 5.32 Å². The molecular formula is C22H23N3O3. The molecule has 1 saturated carbocycles. The monoisotopic (exact) mass is 377 g/mol. The number of aliphatic hydroxyl groups is 1. The van der Waals surface area contributed by atoms with E-state index in [2.05, 4.69) is 10.3 Å². The Morgan fingerprint density at radius 1 is 1.14 bits per heavy atom. The van der Waals surface area contributed by atoms with Crippen molar-refractivity contribution in [3.05, 3.63) is 66.1 Å². The zero-order chi connectivity index (χ0) is 19.6. The van der Waals surface area contributed by atoms with Crippen molar-refractivity contribution in [3.63, 3.8) is 0 Å². The number of nitrogens with zero attached hydrogens (tertiary/aromatic N) is 2. The van der Waals surface area contributed by atoms with Gasteiger partial charge in [0.25, 0.3) is 5.91 Å². The molecule has 0 spiro atoms. The van der Waals surface area contributed by atoms with Crippen LogP contribution in [0.4, 0.5) is 5.69 Å². The largest absolute Gasteiger partial charge is 0.390 e. The van der Waals surface area contributed by atoms with Crippen LogP contribution in [0.3, 0.4) is 0 Å². The van der Waals surface area contributed by atoms with Gasteiger partial charge >= 0.3 is 0 Å². The topological polar surface area (TPSA) is 83.7 Å². The summed E-state index contributed by atoms with van der Waals surface area (Å²) in [5, 5.41) is 13.3. The maximum atomic E-state index is 12.6. The standard InChI is InChI=1S/C22H23N3O3/c26-19(9-12-22(28)10-2-3-11-22)16-6-5-7-17(14-16)24-21(27)18-15-23-20-8-1-4-13-25(18)20/h1,4-8,13-15,28H,2-3,9-12H2,(H,24,27). The highest BCUT2D eigenvalue weighted by Gasteiger charge is 2.31. The first-order chi connectivity index (χ1) is 13.5. The van der Waals surface area contributed by atoms with Gasteiger partial charge in [0.1, 0.15) is 11.3 Å². The average Bonchev–Trinajstić information content (AvgIpc) is 3.33. The van der Waals surface area contributed by atoms with E-state index >= 15 is 0 Å². The fraction of sp³-hybridized carbons (Fsp3) is 0.318. The van der Waals surface area contributed by atoms with Crippen molar-refractivity contribution in [1.82, 2.24) is 9.38 Å². The molecule has 2 heterocycles. The molecule has 2 aromatic heterocycles. The second-order valence-electron chi connectivity index (χ2n) is 7.46. The molecule has 4 rings (SSSR count). The summed E-state index contributed by atoms with van der Waals surface area (Å²) in [7, 11) is 0. The summed E-state index contributed by atoms with van der Waals surface area (Å²) >= 11 is 0. The lowest BCUT2D eigenvalue weighted by Crippen LogP contribution is -2.25. The summed E-state index contributed by atoms with van der Waals surface area (Å²) in [6.45, 7) is 0. The van der Waals surface area contributed by atoms with E-state index in [1.165, 1.54) is 6.20 Å². The first-order valence-electron chi connectivity index (χ1n) is 9.63. The molecule has 3 aromatic rings. The minimum Gasteiger partial charge on any atom is -0.390 e. The van der Waals surface area contributed by atoms with E-state index in [0.29, 0.717) is 35.4 Å². The molecular weight excluding hydrogens is 354 g/mol. The van der Waals surface area contributed by atoms with Gasteiger partial charge < -0.3 is 10.4 Å². The molecule has 1 aromatic carbocycles. The molecule has 1 aliphatic rings. The highest BCUT2D eigenvalue weighted by molar-refractivity contribution is 6.04. The number of carbonyl (C=O) groups excluding carboxylic acids is 2. The predicted octanol–water partition coefficient (Wildman–Crippen LogP) is 3.85. The van der Waals surface area contributed by atoms with Gasteiger partial charge in [-0.2, -0.15) is 0 Å². The molecule has 6 heteroatoms. The van der Waals surface area contributed by atoms with Crippen LogP contribution in [0.25, 0.3) is 5.65 Å². The Morgan fingerprint density at radius 2 is 1.96 bits per heavy atom. The Balaban J connectivity index is 1.44. The number of ketones is 1. The molecule has 6 nitrogen and oxygen atoms in total. The molecule has 0 aliphatic heterocycles. The minimum atomic E-state index is -0.690. The Morgan fingerprint density at radius 3 is 2.79 bits per heavy atom. The summed E-state index contributed by atoms with van der Waals surface area (Å²) in [5.74, 6) is -0.310. The van der Waals surface area contributed by atoms with Gasteiger partial charge in [-0.25, -0.2) is 4.98 Å². The van der Waals surface area contributed by atoms with Crippen LogP contribution in [-0.2, 0) is 0 Å². The molecule has 0 unspecified atom stereocenters. The normalized spacial score (nSPS) is 15.6. The van der Waals surface area contributed by atoms with Gasteiger partial charge in [-0.05, 0) is 43.5 Å². The average molecular weight is 377 g/mol. The van der Waals surface area contributed by atoms with Crippen molar-refractivity contribution in [2.45, 2.75) is 44.1 Å². The van der Waals surface area contributed by atoms with Crippen LogP contribution in [0.2, 0.25) is 0 Å². The van der Waals surface area contributed by atoms with Gasteiger partial charge in [0.05, 0.1) is 11.8 Å². The van der Waals surface area contributed by atoms with Crippen molar-refractivity contribution in [1.29, 1.82) is 0 Å². The number of Topliss-reactive ketones (excluding diaryl/α,β-unsaturated/α-hetero) is 1. The lowest BCUT2D eigenvalue weighted by molar-refractivity contribution is 0.0358. The van der Waals surface area contributed by atoms with Crippen LogP contribution in [0, 0.1) is 0 Å². The van der Waals surface area contributed by atoms with Crippen LogP contribution in [0.5, 0.6) is 0 Å². The number of fused-ring (bicyclic) bond motifs is 1. The Bertz CT molecular complexity index is 1020. The molecule has 28 heavy (non-hydrogen) atoms. The summed E-state index contributed by atoms with van der Waals surface area (Å²) in [4.78, 5) is 29.4. The fourth-order valence-corrected chi connectivity index (χ4v) is 3.84. The number of hydrogen-bond donors (Lipinski definition) is 2. The Hall–Kier alpha value is -2.99. The summed E-state index contributed by atoms with van der Waals surface area (Å²) in [5.41, 5.74) is 1.53. The maximum absolute atomic E-state index is 12.6. The number of hydrogen-bond acceptors (Lipinski definition) is 4. The Labute approximate surface area is 163 Å². The van der Waals surface area contributed by atoms with Gasteiger partial charge in [-0.3, -0.25) is 14.0 Å². The number of aromatic nitrogens is 2. The van der Waals surface area contributed by atoms with Gasteiger partial charge in [-0.15, -0.1) is 0 Å². The van der Waals surface area contributed by atoms with Crippen LogP contribution in [0.15, 0.2) is 54.9 Å². The van der Waals surface area contributed by atoms with Crippen LogP contribution in [0.1, 0.15) is 59.4 Å². The molecule has 1 aliphatic carbocycles. The molecule has 0 atom stereocenters. The summed E-state index contributed by atoms with van der Waals surface area (Å²) in [6, 6.07) is 12.5. The van der Waals surface area contributed by atoms with Gasteiger partial charge in [0.2, 0.25) is 0 Å². The first kappa shape index (κ1) is 18.4. The molecule has 144 valence electrons. The van der Waals surface area contributed by atoms with Crippen molar-refractivity contribution < 1.29 is 14.7 Å². The van der Waals surface area contributed by atoms with Crippen LogP contribution < -0.4 is 5.32 Å². The number of imidazole rings is 1. The molecule has 2 N–H and O–H groups in total. The van der Waals surface area contributed by atoms with E-state index in [1.807, 2.05) is 18.2 Å². The smallest absolute Gasteiger partial charge is 0.274 e. The second kappa shape index (κ2) is 7.56. The van der Waals surface area contributed by atoms with Crippen LogP contribution >= 0.6 is 0 Å². The molecule has 0 bridgehead atoms. The summed E-state index contributed by atoms with van der Waals surface area (Å²) < 4.78 is 1.71. The van der Waals surface area contributed by atoms with Crippen molar-refractivity contribution in [3.8, 4) is 0 Å².